The van der Waals surface area contributed by atoms with Crippen LogP contribution in [0.15, 0.2) is 207 Å². The molecule has 12 aromatic rings. The highest BCUT2D eigenvalue weighted by Gasteiger charge is 2.25. The number of rotatable bonds is 6. The van der Waals surface area contributed by atoms with E-state index >= 15 is 0 Å². The Morgan fingerprint density at radius 2 is 0.586 bits per heavy atom. The number of hydrogen-bond acceptors (Lipinski definition) is 4. The fourth-order valence-electron chi connectivity index (χ4n) is 9.25. The zero-order valence-electron chi connectivity index (χ0n) is 31.4. The molecule has 0 unspecified atom stereocenters. The first kappa shape index (κ1) is 32.4. The summed E-state index contributed by atoms with van der Waals surface area (Å²) in [7, 11) is 0. The number of nitrogens with zero attached hydrogens (tertiary/aromatic N) is 4. The van der Waals surface area contributed by atoms with E-state index in [0.717, 1.165) is 66.7 Å². The van der Waals surface area contributed by atoms with Crippen molar-refractivity contribution >= 4 is 110 Å². The summed E-state index contributed by atoms with van der Waals surface area (Å²) in [6.45, 7) is 0. The number of anilines is 6. The first-order valence-electron chi connectivity index (χ1n) is 19.7. The Bertz CT molecular complexity index is 3140. The third kappa shape index (κ3) is 4.88. The minimum Gasteiger partial charge on any atom is -0.293 e. The summed E-state index contributed by atoms with van der Waals surface area (Å²) in [5.74, 6) is 1.80. The van der Waals surface area contributed by atoms with E-state index in [1.807, 2.05) is 12.4 Å². The highest BCUT2D eigenvalue weighted by molar-refractivity contribution is 6.29. The van der Waals surface area contributed by atoms with Crippen LogP contribution in [0.1, 0.15) is 0 Å². The summed E-state index contributed by atoms with van der Waals surface area (Å²) in [4.78, 5) is 15.0. The van der Waals surface area contributed by atoms with E-state index in [-0.39, 0.29) is 0 Å². The molecule has 0 amide bonds. The van der Waals surface area contributed by atoms with Gasteiger partial charge in [-0.1, -0.05) is 158 Å². The van der Waals surface area contributed by atoms with Crippen molar-refractivity contribution < 1.29 is 0 Å². The molecule has 0 spiro atoms. The topological polar surface area (TPSA) is 32.3 Å². The number of aromatic nitrogens is 2. The second kappa shape index (κ2) is 12.9. The molecular formula is C54H34N4. The number of fused-ring (bicyclic) bond motifs is 4. The molecule has 4 nitrogen and oxygen atoms in total. The van der Waals surface area contributed by atoms with Crippen LogP contribution < -0.4 is 9.80 Å². The van der Waals surface area contributed by atoms with E-state index in [4.69, 9.17) is 9.97 Å². The van der Waals surface area contributed by atoms with Crippen molar-refractivity contribution in [3.63, 3.8) is 0 Å². The molecule has 0 N–H and O–H groups in total. The Balaban J connectivity index is 1.17. The van der Waals surface area contributed by atoms with E-state index in [1.165, 1.54) is 43.1 Å². The van der Waals surface area contributed by atoms with Crippen LogP contribution in [0.3, 0.4) is 0 Å². The monoisotopic (exact) mass is 738 g/mol. The van der Waals surface area contributed by atoms with Gasteiger partial charge >= 0.3 is 0 Å². The van der Waals surface area contributed by atoms with Gasteiger partial charge in [-0.25, -0.2) is 9.97 Å². The van der Waals surface area contributed by atoms with Gasteiger partial charge in [-0.2, -0.15) is 0 Å². The van der Waals surface area contributed by atoms with Crippen LogP contribution in [0.5, 0.6) is 0 Å². The summed E-state index contributed by atoms with van der Waals surface area (Å²) < 4.78 is 0. The van der Waals surface area contributed by atoms with Crippen molar-refractivity contribution in [3.05, 3.63) is 207 Å². The second-order valence-electron chi connectivity index (χ2n) is 15.0. The van der Waals surface area contributed by atoms with Crippen LogP contribution in [0, 0.1) is 0 Å². The fraction of sp³-hybridized carbons (Fsp3) is 0. The van der Waals surface area contributed by atoms with Gasteiger partial charge in [-0.15, -0.1) is 0 Å². The molecule has 0 bridgehead atoms. The molecule has 4 heteroatoms. The maximum absolute atomic E-state index is 5.14. The van der Waals surface area contributed by atoms with Crippen LogP contribution in [0.25, 0.3) is 75.4 Å². The fourth-order valence-corrected chi connectivity index (χ4v) is 9.25. The molecule has 10 aromatic carbocycles. The molecule has 0 saturated carbocycles. The van der Waals surface area contributed by atoms with Crippen molar-refractivity contribution in [2.75, 3.05) is 9.80 Å². The van der Waals surface area contributed by atoms with Crippen molar-refractivity contribution in [2.24, 2.45) is 0 Å². The van der Waals surface area contributed by atoms with Crippen molar-refractivity contribution in [1.82, 2.24) is 9.97 Å². The average molecular weight is 739 g/mol. The summed E-state index contributed by atoms with van der Waals surface area (Å²) in [5.41, 5.74) is 4.33. The summed E-state index contributed by atoms with van der Waals surface area (Å²) >= 11 is 0. The van der Waals surface area contributed by atoms with Gasteiger partial charge in [-0.05, 0) is 79.5 Å². The number of hydrogen-bond donors (Lipinski definition) is 0. The number of benzene rings is 10. The third-order valence-electron chi connectivity index (χ3n) is 11.8. The zero-order chi connectivity index (χ0) is 38.2. The lowest BCUT2D eigenvalue weighted by atomic mass is 9.91. The maximum Gasteiger partial charge on any atom is 0.145 e. The van der Waals surface area contributed by atoms with E-state index in [9.17, 15) is 0 Å². The van der Waals surface area contributed by atoms with Gasteiger partial charge < -0.3 is 0 Å². The van der Waals surface area contributed by atoms with Gasteiger partial charge in [0.25, 0.3) is 0 Å². The smallest absolute Gasteiger partial charge is 0.145 e. The molecule has 12 rings (SSSR count). The molecule has 2 heterocycles. The molecule has 0 aliphatic carbocycles. The van der Waals surface area contributed by atoms with E-state index in [1.54, 1.807) is 0 Å². The van der Waals surface area contributed by atoms with Gasteiger partial charge in [0, 0.05) is 44.7 Å². The lowest BCUT2D eigenvalue weighted by molar-refractivity contribution is 1.21. The normalized spacial score (nSPS) is 11.8. The van der Waals surface area contributed by atoms with Crippen molar-refractivity contribution in [1.29, 1.82) is 0 Å². The van der Waals surface area contributed by atoms with Gasteiger partial charge in [0.15, 0.2) is 0 Å². The molecule has 0 aliphatic rings. The molecule has 0 fully saturated rings. The van der Waals surface area contributed by atoms with Gasteiger partial charge in [0.05, 0.1) is 22.7 Å². The van der Waals surface area contributed by atoms with Crippen molar-refractivity contribution in [3.8, 4) is 0 Å². The SMILES string of the molecule is c1ccc2c(N(c3nccc4ccccc34)c3ccc4ccc5c(N(c6cccc7ccccc67)c6nccc7ccccc67)ccc6ccc3c4c65)cccc2c1. The van der Waals surface area contributed by atoms with Crippen LogP contribution in [-0.4, -0.2) is 9.97 Å². The highest BCUT2D eigenvalue weighted by Crippen LogP contribution is 2.50. The minimum atomic E-state index is 0.898. The number of pyridine rings is 2. The Morgan fingerprint density at radius 3 is 1.03 bits per heavy atom. The minimum absolute atomic E-state index is 0.898. The average Bonchev–Trinajstić information content (AvgIpc) is 3.29. The van der Waals surface area contributed by atoms with Crippen LogP contribution in [0.4, 0.5) is 34.4 Å². The summed E-state index contributed by atoms with van der Waals surface area (Å²) in [5, 5.41) is 16.4. The van der Waals surface area contributed by atoms with Crippen molar-refractivity contribution in [2.45, 2.75) is 0 Å². The predicted octanol–water partition coefficient (Wildman–Crippen LogP) is 14.9. The molecule has 58 heavy (non-hydrogen) atoms. The second-order valence-corrected chi connectivity index (χ2v) is 15.0. The summed E-state index contributed by atoms with van der Waals surface area (Å²) in [6.07, 6.45) is 3.86. The van der Waals surface area contributed by atoms with Gasteiger partial charge in [0.2, 0.25) is 0 Å². The molecule has 0 atom stereocenters. The molecular weight excluding hydrogens is 705 g/mol. The summed E-state index contributed by atoms with van der Waals surface area (Å²) in [6, 6.07) is 70.0. The van der Waals surface area contributed by atoms with E-state index < -0.39 is 0 Å². The Morgan fingerprint density at radius 1 is 0.241 bits per heavy atom. The molecule has 0 aliphatic heterocycles. The lowest BCUT2D eigenvalue weighted by Gasteiger charge is -2.30. The highest BCUT2D eigenvalue weighted by atomic mass is 15.2. The lowest BCUT2D eigenvalue weighted by Crippen LogP contribution is -2.14. The standard InChI is InChI=1S/C54H34N4/c1-5-17-41-35(11-1)15-9-21-47(41)57(53-43-19-7-3-13-37(43)31-33-55-53)49-29-25-39-24-28-46-50(30-26-40-23-27-45(49)51(39)52(40)46)58(48-22-10-16-36-12-2-6-18-42(36)48)54-44-20-8-4-14-38(44)32-34-56-54/h1-34H. The van der Waals surface area contributed by atoms with Crippen LogP contribution in [-0.2, 0) is 0 Å². The Hall–Kier alpha value is -7.82. The van der Waals surface area contributed by atoms with E-state index in [0.29, 0.717) is 0 Å². The zero-order valence-corrected chi connectivity index (χ0v) is 31.4. The predicted molar refractivity (Wildman–Crippen MR) is 245 cm³/mol. The van der Waals surface area contributed by atoms with Crippen LogP contribution >= 0.6 is 0 Å². The maximum atomic E-state index is 5.14. The Kier molecular flexibility index (Phi) is 7.20. The first-order chi connectivity index (χ1) is 28.8. The van der Waals surface area contributed by atoms with Gasteiger partial charge in [-0.3, -0.25) is 9.80 Å². The molecule has 0 radical (unpaired) electrons. The van der Waals surface area contributed by atoms with E-state index in [2.05, 4.69) is 204 Å². The third-order valence-corrected chi connectivity index (χ3v) is 11.8. The molecule has 0 saturated heterocycles. The molecule has 2 aromatic heterocycles. The Labute approximate surface area is 334 Å². The first-order valence-corrected chi connectivity index (χ1v) is 19.7. The largest absolute Gasteiger partial charge is 0.293 e. The molecule has 270 valence electrons. The quantitative estimate of drug-likeness (QED) is 0.159. The van der Waals surface area contributed by atoms with Gasteiger partial charge in [0.1, 0.15) is 11.6 Å². The van der Waals surface area contributed by atoms with Crippen LogP contribution in [0.2, 0.25) is 0 Å².